The molecule has 7 nitrogen and oxygen atoms in total. The van der Waals surface area contributed by atoms with Gasteiger partial charge in [0.25, 0.3) is 0 Å². The van der Waals surface area contributed by atoms with E-state index in [0.717, 1.165) is 49.3 Å². The summed E-state index contributed by atoms with van der Waals surface area (Å²) in [7, 11) is 0. The first-order valence-corrected chi connectivity index (χ1v) is 9.84. The van der Waals surface area contributed by atoms with Crippen LogP contribution >= 0.6 is 0 Å². The highest BCUT2D eigenvalue weighted by Gasteiger charge is 2.28. The van der Waals surface area contributed by atoms with Crippen LogP contribution < -0.4 is 4.90 Å². The van der Waals surface area contributed by atoms with E-state index in [1.165, 1.54) is 0 Å². The Balaban J connectivity index is 1.66. The number of hydrogen-bond acceptors (Lipinski definition) is 7. The number of aryl methyl sites for hydroxylation is 1. The molecule has 0 amide bonds. The standard InChI is InChI=1S/C20H32N6O/c1-13(2)17-21-14(3)12-16(22-17)26-10-8-25(9-11-26)15(4)18-23-19(24-27-18)20(5,6)7/h12-13,15H,8-11H2,1-7H3/t15-/m1/s1. The van der Waals surface area contributed by atoms with Gasteiger partial charge in [0.2, 0.25) is 5.89 Å². The smallest absolute Gasteiger partial charge is 0.243 e. The summed E-state index contributed by atoms with van der Waals surface area (Å²) >= 11 is 0. The van der Waals surface area contributed by atoms with E-state index in [1.807, 2.05) is 6.92 Å². The lowest BCUT2D eigenvalue weighted by atomic mass is 9.96. The molecule has 0 N–H and O–H groups in total. The molecule has 0 aliphatic carbocycles. The van der Waals surface area contributed by atoms with Gasteiger partial charge in [0.05, 0.1) is 6.04 Å². The normalized spacial score (nSPS) is 17.6. The van der Waals surface area contributed by atoms with E-state index in [2.05, 4.69) is 72.5 Å². The highest BCUT2D eigenvalue weighted by Crippen LogP contribution is 2.26. The number of anilines is 1. The lowest BCUT2D eigenvalue weighted by Crippen LogP contribution is -2.47. The largest absolute Gasteiger partial charge is 0.354 e. The van der Waals surface area contributed by atoms with Crippen molar-refractivity contribution in [1.82, 2.24) is 25.0 Å². The van der Waals surface area contributed by atoms with Crippen LogP contribution in [0.25, 0.3) is 0 Å². The summed E-state index contributed by atoms with van der Waals surface area (Å²) in [5, 5.41) is 4.16. The minimum absolute atomic E-state index is 0.0981. The van der Waals surface area contributed by atoms with Crippen LogP contribution in [0, 0.1) is 6.92 Å². The SMILES string of the molecule is Cc1cc(N2CCN([C@H](C)c3nc(C(C)(C)C)no3)CC2)nc(C(C)C)n1. The zero-order chi connectivity index (χ0) is 19.8. The van der Waals surface area contributed by atoms with Gasteiger partial charge in [-0.25, -0.2) is 9.97 Å². The molecule has 3 heterocycles. The maximum absolute atomic E-state index is 5.54. The third-order valence-electron chi connectivity index (χ3n) is 5.03. The molecule has 0 radical (unpaired) electrons. The third kappa shape index (κ3) is 4.46. The maximum Gasteiger partial charge on any atom is 0.243 e. The molecule has 0 spiro atoms. The van der Waals surface area contributed by atoms with Crippen LogP contribution in [0.3, 0.4) is 0 Å². The monoisotopic (exact) mass is 372 g/mol. The van der Waals surface area contributed by atoms with Crippen molar-refractivity contribution in [1.29, 1.82) is 0 Å². The Hall–Kier alpha value is -2.02. The van der Waals surface area contributed by atoms with Crippen molar-refractivity contribution < 1.29 is 4.52 Å². The van der Waals surface area contributed by atoms with Gasteiger partial charge >= 0.3 is 0 Å². The van der Waals surface area contributed by atoms with Crippen LogP contribution in [0.4, 0.5) is 5.82 Å². The fourth-order valence-corrected chi connectivity index (χ4v) is 3.20. The molecule has 0 saturated carbocycles. The molecular formula is C20H32N6O. The van der Waals surface area contributed by atoms with Gasteiger partial charge < -0.3 is 9.42 Å². The van der Waals surface area contributed by atoms with Gasteiger partial charge in [-0.05, 0) is 13.8 Å². The van der Waals surface area contributed by atoms with Crippen LogP contribution in [0.1, 0.15) is 76.7 Å². The minimum Gasteiger partial charge on any atom is -0.354 e. The molecule has 2 aromatic heterocycles. The first-order chi connectivity index (χ1) is 12.6. The first kappa shape index (κ1) is 19.7. The highest BCUT2D eigenvalue weighted by atomic mass is 16.5. The Morgan fingerprint density at radius 2 is 1.67 bits per heavy atom. The van der Waals surface area contributed by atoms with Gasteiger partial charge in [-0.3, -0.25) is 4.90 Å². The Kier molecular flexibility index (Phi) is 5.51. The maximum atomic E-state index is 5.54. The zero-order valence-corrected chi connectivity index (χ0v) is 17.7. The number of aromatic nitrogens is 4. The van der Waals surface area contributed by atoms with E-state index in [0.29, 0.717) is 11.8 Å². The molecule has 1 saturated heterocycles. The molecular weight excluding hydrogens is 340 g/mol. The van der Waals surface area contributed by atoms with Gasteiger partial charge in [0.1, 0.15) is 11.6 Å². The van der Waals surface area contributed by atoms with Gasteiger partial charge in [-0.2, -0.15) is 4.98 Å². The number of piperazine rings is 1. The van der Waals surface area contributed by atoms with Crippen molar-refractivity contribution in [3.8, 4) is 0 Å². The van der Waals surface area contributed by atoms with Crippen molar-refractivity contribution in [2.75, 3.05) is 31.1 Å². The van der Waals surface area contributed by atoms with Crippen LogP contribution in [-0.4, -0.2) is 51.2 Å². The van der Waals surface area contributed by atoms with E-state index in [4.69, 9.17) is 9.51 Å². The first-order valence-electron chi connectivity index (χ1n) is 9.84. The molecule has 0 unspecified atom stereocenters. The lowest BCUT2D eigenvalue weighted by Gasteiger charge is -2.37. The van der Waals surface area contributed by atoms with E-state index >= 15 is 0 Å². The van der Waals surface area contributed by atoms with E-state index in [1.54, 1.807) is 0 Å². The second-order valence-electron chi connectivity index (χ2n) is 8.79. The molecule has 1 atom stereocenters. The molecule has 2 aromatic rings. The van der Waals surface area contributed by atoms with Crippen LogP contribution in [0.2, 0.25) is 0 Å². The molecule has 1 fully saturated rings. The lowest BCUT2D eigenvalue weighted by molar-refractivity contribution is 0.164. The molecule has 1 aliphatic heterocycles. The third-order valence-corrected chi connectivity index (χ3v) is 5.03. The summed E-state index contributed by atoms with van der Waals surface area (Å²) in [6.07, 6.45) is 0. The molecule has 148 valence electrons. The number of nitrogens with zero attached hydrogens (tertiary/aromatic N) is 6. The van der Waals surface area contributed by atoms with Gasteiger partial charge in [-0.15, -0.1) is 0 Å². The Morgan fingerprint density at radius 1 is 1.00 bits per heavy atom. The average Bonchev–Trinajstić information content (AvgIpc) is 3.11. The molecule has 7 heteroatoms. The second kappa shape index (κ2) is 7.54. The van der Waals surface area contributed by atoms with Gasteiger partial charge in [0, 0.05) is 49.3 Å². The fourth-order valence-electron chi connectivity index (χ4n) is 3.20. The minimum atomic E-state index is -0.0981. The quantitative estimate of drug-likeness (QED) is 0.813. The summed E-state index contributed by atoms with van der Waals surface area (Å²) < 4.78 is 5.54. The molecule has 0 aromatic carbocycles. The number of hydrogen-bond donors (Lipinski definition) is 0. The highest BCUT2D eigenvalue weighted by molar-refractivity contribution is 5.40. The molecule has 27 heavy (non-hydrogen) atoms. The van der Waals surface area contributed by atoms with Crippen molar-refractivity contribution in [2.45, 2.75) is 65.8 Å². The van der Waals surface area contributed by atoms with E-state index in [9.17, 15) is 0 Å². The summed E-state index contributed by atoms with van der Waals surface area (Å²) in [6.45, 7) is 18.5. The fraction of sp³-hybridized carbons (Fsp3) is 0.700. The summed E-state index contributed by atoms with van der Waals surface area (Å²) in [5.74, 6) is 3.75. The summed E-state index contributed by atoms with van der Waals surface area (Å²) in [5.41, 5.74) is 0.930. The van der Waals surface area contributed by atoms with E-state index in [-0.39, 0.29) is 11.5 Å². The summed E-state index contributed by atoms with van der Waals surface area (Å²) in [6, 6.07) is 2.20. The zero-order valence-electron chi connectivity index (χ0n) is 17.7. The Morgan fingerprint density at radius 3 is 2.22 bits per heavy atom. The Labute approximate surface area is 162 Å². The van der Waals surface area contributed by atoms with Crippen molar-refractivity contribution in [3.05, 3.63) is 29.3 Å². The van der Waals surface area contributed by atoms with E-state index < -0.39 is 0 Å². The van der Waals surface area contributed by atoms with Crippen molar-refractivity contribution >= 4 is 5.82 Å². The molecule has 3 rings (SSSR count). The Bertz CT molecular complexity index is 771. The predicted octanol–water partition coefficient (Wildman–Crippen LogP) is 3.47. The van der Waals surface area contributed by atoms with Crippen LogP contribution in [-0.2, 0) is 5.41 Å². The average molecular weight is 373 g/mol. The van der Waals surface area contributed by atoms with Crippen molar-refractivity contribution in [2.24, 2.45) is 0 Å². The van der Waals surface area contributed by atoms with Crippen LogP contribution in [0.5, 0.6) is 0 Å². The number of rotatable bonds is 4. The van der Waals surface area contributed by atoms with Gasteiger partial charge in [0.15, 0.2) is 5.82 Å². The topological polar surface area (TPSA) is 71.2 Å². The molecule has 1 aliphatic rings. The van der Waals surface area contributed by atoms with Crippen molar-refractivity contribution in [3.63, 3.8) is 0 Å². The second-order valence-corrected chi connectivity index (χ2v) is 8.79. The predicted molar refractivity (Wildman–Crippen MR) is 106 cm³/mol. The van der Waals surface area contributed by atoms with Gasteiger partial charge in [-0.1, -0.05) is 39.8 Å². The van der Waals surface area contributed by atoms with Crippen LogP contribution in [0.15, 0.2) is 10.6 Å². The molecule has 0 bridgehead atoms. The summed E-state index contributed by atoms with van der Waals surface area (Å²) in [4.78, 5) is 18.7.